The van der Waals surface area contributed by atoms with E-state index in [2.05, 4.69) is 5.32 Å². The third kappa shape index (κ3) is 3.50. The second kappa shape index (κ2) is 6.41. The second-order valence-corrected chi connectivity index (χ2v) is 5.18. The molecule has 5 nitrogen and oxygen atoms in total. The number of carbonyl (C=O) groups is 2. The molecular formula is C15H19NO4. The van der Waals surface area contributed by atoms with E-state index < -0.39 is 5.97 Å². The molecule has 20 heavy (non-hydrogen) atoms. The molecule has 0 bridgehead atoms. The Labute approximate surface area is 117 Å². The average molecular weight is 277 g/mol. The molecule has 1 aliphatic heterocycles. The Hall–Kier alpha value is -2.04. The van der Waals surface area contributed by atoms with Gasteiger partial charge in [-0.3, -0.25) is 9.59 Å². The number of aliphatic carboxylic acids is 1. The van der Waals surface area contributed by atoms with E-state index in [4.69, 9.17) is 9.84 Å². The summed E-state index contributed by atoms with van der Waals surface area (Å²) in [5.74, 6) is -0.213. The molecule has 0 fully saturated rings. The van der Waals surface area contributed by atoms with Gasteiger partial charge in [0.05, 0.1) is 0 Å². The van der Waals surface area contributed by atoms with Gasteiger partial charge in [-0.15, -0.1) is 0 Å². The van der Waals surface area contributed by atoms with Crippen LogP contribution in [0.1, 0.15) is 31.2 Å². The van der Waals surface area contributed by atoms with Crippen molar-refractivity contribution in [3.05, 3.63) is 29.8 Å². The highest BCUT2D eigenvalue weighted by molar-refractivity contribution is 5.85. The van der Waals surface area contributed by atoms with Gasteiger partial charge in [0, 0.05) is 18.5 Å². The highest BCUT2D eigenvalue weighted by atomic mass is 16.5. The normalized spacial score (nSPS) is 17.9. The molecule has 0 spiro atoms. The van der Waals surface area contributed by atoms with E-state index in [9.17, 15) is 9.59 Å². The number of nitrogens with one attached hydrogen (secondary N) is 1. The molecule has 2 N–H and O–H groups in total. The first-order valence-corrected chi connectivity index (χ1v) is 6.79. The van der Waals surface area contributed by atoms with E-state index in [0.717, 1.165) is 11.3 Å². The van der Waals surface area contributed by atoms with Gasteiger partial charge in [0.2, 0.25) is 5.91 Å². The number of fused-ring (bicyclic) bond motifs is 1. The Morgan fingerprint density at radius 1 is 1.45 bits per heavy atom. The number of carbonyl (C=O) groups excluding carboxylic acids is 1. The van der Waals surface area contributed by atoms with Gasteiger partial charge in [0.15, 0.2) is 0 Å². The van der Waals surface area contributed by atoms with Crippen molar-refractivity contribution in [2.45, 2.75) is 25.7 Å². The number of benzene rings is 1. The highest BCUT2D eigenvalue weighted by Crippen LogP contribution is 2.33. The largest absolute Gasteiger partial charge is 0.492 e. The van der Waals surface area contributed by atoms with E-state index in [-0.39, 0.29) is 24.2 Å². The fourth-order valence-electron chi connectivity index (χ4n) is 2.25. The lowest BCUT2D eigenvalue weighted by atomic mass is 10.00. The molecule has 5 heteroatoms. The molecule has 1 amide bonds. The zero-order valence-corrected chi connectivity index (χ0v) is 11.5. The number of carboxylic acids is 1. The Morgan fingerprint density at radius 2 is 2.20 bits per heavy atom. The predicted molar refractivity (Wildman–Crippen MR) is 73.7 cm³/mol. The van der Waals surface area contributed by atoms with E-state index in [1.807, 2.05) is 31.2 Å². The molecule has 0 aliphatic carbocycles. The number of hydrogen-bond donors (Lipinski definition) is 2. The molecule has 0 saturated heterocycles. The molecule has 0 aromatic heterocycles. The lowest BCUT2D eigenvalue weighted by Crippen LogP contribution is -2.33. The standard InChI is InChI=1S/C15H19NO4/c1-10(6-7-14(17)18)8-16-15(19)12-9-20-13-5-3-2-4-11(12)13/h2-5,10,12H,6-9H2,1H3,(H,16,19)(H,17,18). The van der Waals surface area contributed by atoms with Gasteiger partial charge in [0.1, 0.15) is 18.3 Å². The molecule has 2 unspecified atom stereocenters. The number of para-hydroxylation sites is 1. The van der Waals surface area contributed by atoms with Crippen molar-refractivity contribution in [1.29, 1.82) is 0 Å². The Morgan fingerprint density at radius 3 is 2.95 bits per heavy atom. The van der Waals surface area contributed by atoms with Crippen molar-refractivity contribution in [2.24, 2.45) is 5.92 Å². The zero-order chi connectivity index (χ0) is 14.5. The number of rotatable bonds is 6. The van der Waals surface area contributed by atoms with Gasteiger partial charge in [-0.1, -0.05) is 25.1 Å². The molecule has 2 atom stereocenters. The number of hydrogen-bond acceptors (Lipinski definition) is 3. The summed E-state index contributed by atoms with van der Waals surface area (Å²) in [7, 11) is 0. The lowest BCUT2D eigenvalue weighted by Gasteiger charge is -2.14. The fraction of sp³-hybridized carbons (Fsp3) is 0.467. The van der Waals surface area contributed by atoms with Crippen molar-refractivity contribution in [2.75, 3.05) is 13.2 Å². The monoisotopic (exact) mass is 277 g/mol. The first-order chi connectivity index (χ1) is 9.58. The fourth-order valence-corrected chi connectivity index (χ4v) is 2.25. The first kappa shape index (κ1) is 14.4. The average Bonchev–Trinajstić information content (AvgIpc) is 2.86. The Balaban J connectivity index is 1.83. The van der Waals surface area contributed by atoms with E-state index in [1.165, 1.54) is 0 Å². The van der Waals surface area contributed by atoms with Crippen LogP contribution in [0.25, 0.3) is 0 Å². The molecular weight excluding hydrogens is 258 g/mol. The molecule has 1 aromatic carbocycles. The SMILES string of the molecule is CC(CCC(=O)O)CNC(=O)C1COc2ccccc21. The van der Waals surface area contributed by atoms with Gasteiger partial charge in [-0.25, -0.2) is 0 Å². The lowest BCUT2D eigenvalue weighted by molar-refractivity contribution is -0.137. The minimum absolute atomic E-state index is 0.0582. The molecule has 0 saturated carbocycles. The highest BCUT2D eigenvalue weighted by Gasteiger charge is 2.29. The quantitative estimate of drug-likeness (QED) is 0.831. The van der Waals surface area contributed by atoms with Gasteiger partial charge in [0.25, 0.3) is 0 Å². The third-order valence-electron chi connectivity index (χ3n) is 3.49. The van der Waals surface area contributed by atoms with Gasteiger partial charge in [-0.05, 0) is 18.4 Å². The number of amides is 1. The van der Waals surface area contributed by atoms with Gasteiger partial charge >= 0.3 is 5.97 Å². The van der Waals surface area contributed by atoms with Crippen LogP contribution in [0.5, 0.6) is 5.75 Å². The van der Waals surface area contributed by atoms with Crippen LogP contribution >= 0.6 is 0 Å². The predicted octanol–water partition coefficient (Wildman–Crippen LogP) is 1.78. The molecule has 108 valence electrons. The van der Waals surface area contributed by atoms with Gasteiger partial charge < -0.3 is 15.2 Å². The van der Waals surface area contributed by atoms with Crippen molar-refractivity contribution >= 4 is 11.9 Å². The summed E-state index contributed by atoms with van der Waals surface area (Å²) in [6.45, 7) is 2.79. The summed E-state index contributed by atoms with van der Waals surface area (Å²) in [5, 5.41) is 11.5. The maximum atomic E-state index is 12.1. The van der Waals surface area contributed by atoms with E-state index >= 15 is 0 Å². The molecule has 2 rings (SSSR count). The molecule has 1 aromatic rings. The topological polar surface area (TPSA) is 75.6 Å². The smallest absolute Gasteiger partial charge is 0.303 e. The zero-order valence-electron chi connectivity index (χ0n) is 11.5. The maximum absolute atomic E-state index is 12.1. The Kier molecular flexibility index (Phi) is 4.61. The van der Waals surface area contributed by atoms with Crippen LogP contribution < -0.4 is 10.1 Å². The van der Waals surface area contributed by atoms with E-state index in [1.54, 1.807) is 0 Å². The van der Waals surface area contributed by atoms with Crippen molar-refractivity contribution in [3.8, 4) is 5.75 Å². The van der Waals surface area contributed by atoms with Crippen LogP contribution in [0.4, 0.5) is 0 Å². The van der Waals surface area contributed by atoms with Crippen LogP contribution in [0, 0.1) is 5.92 Å². The third-order valence-corrected chi connectivity index (χ3v) is 3.49. The summed E-state index contributed by atoms with van der Waals surface area (Å²) >= 11 is 0. The minimum Gasteiger partial charge on any atom is -0.492 e. The number of carboxylic acid groups (broad SMARTS) is 1. The summed E-state index contributed by atoms with van der Waals surface area (Å²) in [6, 6.07) is 7.54. The van der Waals surface area contributed by atoms with Crippen molar-refractivity contribution in [1.82, 2.24) is 5.32 Å². The summed E-state index contributed by atoms with van der Waals surface area (Å²) < 4.78 is 5.48. The molecule has 0 radical (unpaired) electrons. The van der Waals surface area contributed by atoms with Crippen LogP contribution in [0.2, 0.25) is 0 Å². The van der Waals surface area contributed by atoms with Crippen LogP contribution in [0.15, 0.2) is 24.3 Å². The Bertz CT molecular complexity index is 500. The van der Waals surface area contributed by atoms with E-state index in [0.29, 0.717) is 19.6 Å². The summed E-state index contributed by atoms with van der Waals surface area (Å²) in [5.41, 5.74) is 0.920. The molecule has 1 heterocycles. The second-order valence-electron chi connectivity index (χ2n) is 5.18. The first-order valence-electron chi connectivity index (χ1n) is 6.79. The summed E-state index contributed by atoms with van der Waals surface area (Å²) in [4.78, 5) is 22.6. The minimum atomic E-state index is -0.804. The van der Waals surface area contributed by atoms with Crippen molar-refractivity contribution < 1.29 is 19.4 Å². The van der Waals surface area contributed by atoms with Crippen molar-refractivity contribution in [3.63, 3.8) is 0 Å². The van der Waals surface area contributed by atoms with Crippen LogP contribution in [0.3, 0.4) is 0 Å². The summed E-state index contributed by atoms with van der Waals surface area (Å²) in [6.07, 6.45) is 0.694. The molecule has 1 aliphatic rings. The maximum Gasteiger partial charge on any atom is 0.303 e. The number of ether oxygens (including phenoxy) is 1. The van der Waals surface area contributed by atoms with Gasteiger partial charge in [-0.2, -0.15) is 0 Å². The van der Waals surface area contributed by atoms with Crippen LogP contribution in [-0.2, 0) is 9.59 Å². The van der Waals surface area contributed by atoms with Crippen LogP contribution in [-0.4, -0.2) is 30.1 Å².